The SMILES string of the molecule is Cc1ccc([S@](=O)[C@H](C[Si](C)(C)C)C(C)(C)O)cc1. The molecule has 0 radical (unpaired) electrons. The molecule has 0 saturated carbocycles. The first kappa shape index (κ1) is 16.6. The minimum Gasteiger partial charge on any atom is -0.389 e. The summed E-state index contributed by atoms with van der Waals surface area (Å²) < 4.78 is 12.8. The van der Waals surface area contributed by atoms with Gasteiger partial charge in [-0.2, -0.15) is 0 Å². The van der Waals surface area contributed by atoms with Crippen molar-refractivity contribution in [3.8, 4) is 0 Å². The highest BCUT2D eigenvalue weighted by Gasteiger charge is 2.36. The molecule has 0 spiro atoms. The summed E-state index contributed by atoms with van der Waals surface area (Å²) in [6.07, 6.45) is 0. The van der Waals surface area contributed by atoms with Crippen LogP contribution < -0.4 is 0 Å². The lowest BCUT2D eigenvalue weighted by atomic mass is 10.1. The summed E-state index contributed by atoms with van der Waals surface area (Å²) in [5.74, 6) is 0. The Morgan fingerprint density at radius 2 is 1.68 bits per heavy atom. The first-order valence-electron chi connectivity index (χ1n) is 6.70. The van der Waals surface area contributed by atoms with Gasteiger partial charge < -0.3 is 5.11 Å². The highest BCUT2D eigenvalue weighted by molar-refractivity contribution is 7.86. The fourth-order valence-corrected chi connectivity index (χ4v) is 6.95. The molecule has 0 aliphatic heterocycles. The molecule has 0 heterocycles. The van der Waals surface area contributed by atoms with E-state index in [1.165, 1.54) is 0 Å². The number of aryl methyl sites for hydroxylation is 1. The predicted molar refractivity (Wildman–Crippen MR) is 85.8 cm³/mol. The van der Waals surface area contributed by atoms with E-state index in [1.54, 1.807) is 13.8 Å². The van der Waals surface area contributed by atoms with E-state index < -0.39 is 24.5 Å². The van der Waals surface area contributed by atoms with E-state index in [2.05, 4.69) is 19.6 Å². The Hall–Kier alpha value is -0.453. The van der Waals surface area contributed by atoms with E-state index in [4.69, 9.17) is 0 Å². The third-order valence-electron chi connectivity index (χ3n) is 3.10. The molecule has 0 fully saturated rings. The first-order chi connectivity index (χ1) is 8.50. The second kappa shape index (κ2) is 5.90. The van der Waals surface area contributed by atoms with Crippen LogP contribution in [0.1, 0.15) is 19.4 Å². The lowest BCUT2D eigenvalue weighted by Gasteiger charge is -2.33. The van der Waals surface area contributed by atoms with Gasteiger partial charge in [0.25, 0.3) is 0 Å². The summed E-state index contributed by atoms with van der Waals surface area (Å²) in [5.41, 5.74) is 0.237. The topological polar surface area (TPSA) is 37.3 Å². The van der Waals surface area contributed by atoms with Crippen molar-refractivity contribution in [1.29, 1.82) is 0 Å². The quantitative estimate of drug-likeness (QED) is 0.844. The van der Waals surface area contributed by atoms with Gasteiger partial charge in [0.1, 0.15) is 0 Å². The van der Waals surface area contributed by atoms with E-state index in [9.17, 15) is 9.32 Å². The number of hydrogen-bond donors (Lipinski definition) is 1. The van der Waals surface area contributed by atoms with Crippen LogP contribution in [-0.2, 0) is 10.8 Å². The average Bonchev–Trinajstić information content (AvgIpc) is 2.23. The molecule has 0 bridgehead atoms. The zero-order valence-corrected chi connectivity index (χ0v) is 14.7. The predicted octanol–water partition coefficient (Wildman–Crippen LogP) is 3.58. The van der Waals surface area contributed by atoms with Gasteiger partial charge in [-0.25, -0.2) is 0 Å². The monoisotopic (exact) mass is 298 g/mol. The Morgan fingerprint density at radius 1 is 1.21 bits per heavy atom. The summed E-state index contributed by atoms with van der Waals surface area (Å²) in [5, 5.41) is 10.1. The third-order valence-corrected chi connectivity index (χ3v) is 7.02. The molecule has 19 heavy (non-hydrogen) atoms. The van der Waals surface area contributed by atoms with Crippen LogP contribution in [0.2, 0.25) is 25.7 Å². The molecule has 1 N–H and O–H groups in total. The van der Waals surface area contributed by atoms with Crippen LogP contribution in [0.3, 0.4) is 0 Å². The second-order valence-electron chi connectivity index (χ2n) is 7.02. The zero-order valence-electron chi connectivity index (χ0n) is 12.9. The van der Waals surface area contributed by atoms with Crippen molar-refractivity contribution in [3.63, 3.8) is 0 Å². The first-order valence-corrected chi connectivity index (χ1v) is 11.6. The number of rotatable bonds is 5. The third kappa shape index (κ3) is 5.20. The Labute approximate surface area is 120 Å². The van der Waals surface area contributed by atoms with Gasteiger partial charge in [-0.05, 0) is 38.9 Å². The van der Waals surface area contributed by atoms with Gasteiger partial charge in [0.15, 0.2) is 0 Å². The van der Waals surface area contributed by atoms with Gasteiger partial charge in [0.2, 0.25) is 0 Å². The van der Waals surface area contributed by atoms with Crippen LogP contribution in [0.15, 0.2) is 29.2 Å². The number of aliphatic hydroxyl groups is 1. The Bertz CT molecular complexity index is 441. The second-order valence-corrected chi connectivity index (χ2v) is 14.2. The minimum absolute atomic E-state index is 0.207. The highest BCUT2D eigenvalue weighted by Crippen LogP contribution is 2.28. The maximum atomic E-state index is 12.8. The average molecular weight is 299 g/mol. The van der Waals surface area contributed by atoms with E-state index in [-0.39, 0.29) is 5.25 Å². The Kier molecular flexibility index (Phi) is 5.15. The van der Waals surface area contributed by atoms with Gasteiger partial charge in [-0.15, -0.1) is 0 Å². The lowest BCUT2D eigenvalue weighted by molar-refractivity contribution is 0.0806. The van der Waals surface area contributed by atoms with Gasteiger partial charge in [-0.3, -0.25) is 4.21 Å². The molecule has 2 atom stereocenters. The summed E-state index contributed by atoms with van der Waals surface area (Å²) in [7, 11) is -2.55. The molecule has 2 nitrogen and oxygen atoms in total. The molecular formula is C15H26O2SSi. The van der Waals surface area contributed by atoms with Gasteiger partial charge >= 0.3 is 0 Å². The van der Waals surface area contributed by atoms with E-state index in [0.29, 0.717) is 0 Å². The number of hydrogen-bond acceptors (Lipinski definition) is 2. The molecule has 0 aromatic heterocycles. The standard InChI is InChI=1S/C15H26O2SSi/c1-12-7-9-13(10-8-12)18(17)14(15(2,3)16)11-19(4,5)6/h7-10,14,16H,11H2,1-6H3/t14-,18+/m1/s1. The summed E-state index contributed by atoms with van der Waals surface area (Å²) in [4.78, 5) is 0.816. The van der Waals surface area contributed by atoms with Crippen LogP contribution >= 0.6 is 0 Å². The van der Waals surface area contributed by atoms with Crippen LogP contribution in [0.5, 0.6) is 0 Å². The summed E-state index contributed by atoms with van der Waals surface area (Å²) >= 11 is 0. The minimum atomic E-state index is -1.39. The molecule has 1 rings (SSSR count). The molecule has 0 amide bonds. The van der Waals surface area contributed by atoms with Crippen LogP contribution in [-0.4, -0.2) is 28.2 Å². The van der Waals surface area contributed by atoms with Crippen molar-refractivity contribution in [1.82, 2.24) is 0 Å². The van der Waals surface area contributed by atoms with Crippen LogP contribution in [0, 0.1) is 6.92 Å². The number of benzene rings is 1. The molecule has 0 saturated heterocycles. The van der Waals surface area contributed by atoms with Crippen molar-refractivity contribution < 1.29 is 9.32 Å². The molecule has 4 heteroatoms. The molecule has 0 unspecified atom stereocenters. The zero-order chi connectivity index (χ0) is 14.8. The largest absolute Gasteiger partial charge is 0.389 e. The Morgan fingerprint density at radius 3 is 2.05 bits per heavy atom. The van der Waals surface area contributed by atoms with Crippen molar-refractivity contribution >= 4 is 18.9 Å². The van der Waals surface area contributed by atoms with E-state index in [1.807, 2.05) is 31.2 Å². The van der Waals surface area contributed by atoms with E-state index in [0.717, 1.165) is 16.5 Å². The van der Waals surface area contributed by atoms with Crippen molar-refractivity contribution in [2.24, 2.45) is 0 Å². The van der Waals surface area contributed by atoms with Gasteiger partial charge in [0, 0.05) is 13.0 Å². The Balaban J connectivity index is 3.05. The highest BCUT2D eigenvalue weighted by atomic mass is 32.2. The fraction of sp³-hybridized carbons (Fsp3) is 0.600. The smallest absolute Gasteiger partial charge is 0.0735 e. The van der Waals surface area contributed by atoms with E-state index >= 15 is 0 Å². The maximum Gasteiger partial charge on any atom is 0.0735 e. The van der Waals surface area contributed by atoms with Gasteiger partial charge in [-0.1, -0.05) is 37.3 Å². The summed E-state index contributed by atoms with van der Waals surface area (Å²) in [6, 6.07) is 8.63. The normalized spacial score (nSPS) is 16.2. The molecular weight excluding hydrogens is 272 g/mol. The maximum absolute atomic E-state index is 12.8. The molecule has 1 aromatic carbocycles. The summed E-state index contributed by atoms with van der Waals surface area (Å²) in [6.45, 7) is 12.3. The molecule has 1 aromatic rings. The molecule has 108 valence electrons. The van der Waals surface area contributed by atoms with Gasteiger partial charge in [0.05, 0.1) is 21.7 Å². The van der Waals surface area contributed by atoms with Crippen LogP contribution in [0.4, 0.5) is 0 Å². The molecule has 0 aliphatic rings. The van der Waals surface area contributed by atoms with Crippen molar-refractivity contribution in [2.75, 3.05) is 0 Å². The lowest BCUT2D eigenvalue weighted by Crippen LogP contribution is -2.44. The van der Waals surface area contributed by atoms with Crippen molar-refractivity contribution in [2.45, 2.75) is 62.2 Å². The fourth-order valence-electron chi connectivity index (χ4n) is 1.98. The van der Waals surface area contributed by atoms with Crippen molar-refractivity contribution in [3.05, 3.63) is 29.8 Å². The van der Waals surface area contributed by atoms with Crippen LogP contribution in [0.25, 0.3) is 0 Å². The molecule has 0 aliphatic carbocycles.